The average molecular weight is 253 g/mol. The maximum Gasteiger partial charge on any atom is 0.119 e. The van der Waals surface area contributed by atoms with Crippen molar-refractivity contribution in [1.82, 2.24) is 5.32 Å². The highest BCUT2D eigenvalue weighted by atomic mass is 16.5. The number of aliphatic hydroxyl groups excluding tert-OH is 1. The van der Waals surface area contributed by atoms with Gasteiger partial charge in [0.1, 0.15) is 5.75 Å². The van der Waals surface area contributed by atoms with Gasteiger partial charge in [-0.1, -0.05) is 12.1 Å². The Hall–Kier alpha value is -1.10. The molecule has 0 aromatic heterocycles. The van der Waals surface area contributed by atoms with Crippen LogP contribution in [0.25, 0.3) is 0 Å². The smallest absolute Gasteiger partial charge is 0.119 e. The van der Waals surface area contributed by atoms with E-state index in [1.807, 2.05) is 38.1 Å². The van der Waals surface area contributed by atoms with Crippen LogP contribution >= 0.6 is 0 Å². The predicted molar refractivity (Wildman–Crippen MR) is 71.7 cm³/mol. The van der Waals surface area contributed by atoms with E-state index in [4.69, 9.17) is 9.84 Å². The molecule has 0 aliphatic carbocycles. The number of ether oxygens (including phenoxy) is 1. The summed E-state index contributed by atoms with van der Waals surface area (Å²) in [7, 11) is 0. The third kappa shape index (κ3) is 4.64. The van der Waals surface area contributed by atoms with Crippen LogP contribution in [0.15, 0.2) is 24.3 Å². The molecule has 102 valence electrons. The molecule has 1 aromatic rings. The van der Waals surface area contributed by atoms with Crippen LogP contribution in [0.5, 0.6) is 5.75 Å². The van der Waals surface area contributed by atoms with Gasteiger partial charge in [0, 0.05) is 12.6 Å². The van der Waals surface area contributed by atoms with Gasteiger partial charge >= 0.3 is 0 Å². The molecule has 0 bridgehead atoms. The lowest BCUT2D eigenvalue weighted by Crippen LogP contribution is -2.41. The van der Waals surface area contributed by atoms with E-state index in [2.05, 4.69) is 5.32 Å². The van der Waals surface area contributed by atoms with Crippen molar-refractivity contribution in [2.75, 3.05) is 19.8 Å². The summed E-state index contributed by atoms with van der Waals surface area (Å²) in [6.07, 6.45) is 0. The molecular weight excluding hydrogens is 230 g/mol. The Bertz CT molecular complexity index is 349. The summed E-state index contributed by atoms with van der Waals surface area (Å²) in [5.74, 6) is 0.857. The van der Waals surface area contributed by atoms with Crippen LogP contribution in [0, 0.1) is 0 Å². The fourth-order valence-electron chi connectivity index (χ4n) is 1.57. The van der Waals surface area contributed by atoms with E-state index < -0.39 is 5.60 Å². The van der Waals surface area contributed by atoms with Gasteiger partial charge in [0.2, 0.25) is 0 Å². The fourth-order valence-corrected chi connectivity index (χ4v) is 1.57. The SMILES string of the molecule is CCOc1ccc(C(C)NCC(C)(O)CO)cc1. The quantitative estimate of drug-likeness (QED) is 0.689. The second-order valence-corrected chi connectivity index (χ2v) is 4.76. The number of rotatable bonds is 7. The van der Waals surface area contributed by atoms with E-state index in [1.54, 1.807) is 6.92 Å². The van der Waals surface area contributed by atoms with E-state index in [9.17, 15) is 5.11 Å². The molecule has 3 N–H and O–H groups in total. The van der Waals surface area contributed by atoms with E-state index in [-0.39, 0.29) is 12.6 Å². The zero-order valence-corrected chi connectivity index (χ0v) is 11.3. The minimum absolute atomic E-state index is 0.110. The van der Waals surface area contributed by atoms with Crippen LogP contribution in [0.1, 0.15) is 32.4 Å². The van der Waals surface area contributed by atoms with Gasteiger partial charge in [-0.05, 0) is 38.5 Å². The molecule has 0 saturated carbocycles. The Morgan fingerprint density at radius 1 is 1.33 bits per heavy atom. The minimum atomic E-state index is -1.08. The summed E-state index contributed by atoms with van der Waals surface area (Å²) in [5.41, 5.74) is 0.0340. The lowest BCUT2D eigenvalue weighted by molar-refractivity contribution is 0.00106. The zero-order valence-electron chi connectivity index (χ0n) is 11.3. The van der Waals surface area contributed by atoms with E-state index in [1.165, 1.54) is 0 Å². The second kappa shape index (κ2) is 6.73. The molecule has 0 fully saturated rings. The largest absolute Gasteiger partial charge is 0.494 e. The molecule has 0 heterocycles. The summed E-state index contributed by atoms with van der Waals surface area (Å²) < 4.78 is 5.38. The monoisotopic (exact) mass is 253 g/mol. The van der Waals surface area contributed by atoms with Gasteiger partial charge in [-0.15, -0.1) is 0 Å². The highest BCUT2D eigenvalue weighted by molar-refractivity contribution is 5.28. The van der Waals surface area contributed by atoms with Crippen molar-refractivity contribution in [3.05, 3.63) is 29.8 Å². The van der Waals surface area contributed by atoms with Crippen molar-refractivity contribution in [1.29, 1.82) is 0 Å². The summed E-state index contributed by atoms with van der Waals surface area (Å²) in [4.78, 5) is 0. The van der Waals surface area contributed by atoms with Crippen molar-refractivity contribution in [3.63, 3.8) is 0 Å². The van der Waals surface area contributed by atoms with Crippen LogP contribution in [0.3, 0.4) is 0 Å². The third-order valence-corrected chi connectivity index (χ3v) is 2.82. The van der Waals surface area contributed by atoms with Gasteiger partial charge in [-0.25, -0.2) is 0 Å². The molecule has 0 saturated heterocycles. The van der Waals surface area contributed by atoms with Crippen molar-refractivity contribution in [3.8, 4) is 5.75 Å². The van der Waals surface area contributed by atoms with Gasteiger partial charge in [-0.2, -0.15) is 0 Å². The lowest BCUT2D eigenvalue weighted by Gasteiger charge is -2.24. The van der Waals surface area contributed by atoms with Gasteiger partial charge < -0.3 is 20.3 Å². The van der Waals surface area contributed by atoms with Gasteiger partial charge in [0.05, 0.1) is 18.8 Å². The van der Waals surface area contributed by atoms with Crippen molar-refractivity contribution in [2.24, 2.45) is 0 Å². The summed E-state index contributed by atoms with van der Waals surface area (Å²) in [6, 6.07) is 7.97. The van der Waals surface area contributed by atoms with Gasteiger partial charge in [0.15, 0.2) is 0 Å². The van der Waals surface area contributed by atoms with E-state index in [0.717, 1.165) is 11.3 Å². The normalized spacial score (nSPS) is 16.1. The molecule has 0 radical (unpaired) electrons. The molecule has 0 spiro atoms. The molecular formula is C14H23NO3. The molecule has 4 heteroatoms. The molecule has 2 unspecified atom stereocenters. The number of aliphatic hydroxyl groups is 2. The van der Waals surface area contributed by atoms with Crippen LogP contribution in [-0.2, 0) is 0 Å². The molecule has 18 heavy (non-hydrogen) atoms. The number of hydrogen-bond acceptors (Lipinski definition) is 4. The maximum atomic E-state index is 9.70. The highest BCUT2D eigenvalue weighted by Gasteiger charge is 2.19. The molecule has 0 aliphatic heterocycles. The first-order chi connectivity index (χ1) is 8.48. The second-order valence-electron chi connectivity index (χ2n) is 4.76. The highest BCUT2D eigenvalue weighted by Crippen LogP contribution is 2.18. The first-order valence-electron chi connectivity index (χ1n) is 6.28. The molecule has 4 nitrogen and oxygen atoms in total. The lowest BCUT2D eigenvalue weighted by atomic mass is 10.1. The summed E-state index contributed by atoms with van der Waals surface area (Å²) in [5, 5.41) is 21.9. The molecule has 0 aliphatic rings. The topological polar surface area (TPSA) is 61.7 Å². The van der Waals surface area contributed by atoms with Crippen LogP contribution in [0.4, 0.5) is 0 Å². The Morgan fingerprint density at radius 2 is 1.94 bits per heavy atom. The number of benzene rings is 1. The van der Waals surface area contributed by atoms with Crippen LogP contribution in [0.2, 0.25) is 0 Å². The molecule has 1 rings (SSSR count). The minimum Gasteiger partial charge on any atom is -0.494 e. The first kappa shape index (κ1) is 15.0. The fraction of sp³-hybridized carbons (Fsp3) is 0.571. The van der Waals surface area contributed by atoms with Crippen LogP contribution < -0.4 is 10.1 Å². The van der Waals surface area contributed by atoms with E-state index in [0.29, 0.717) is 13.2 Å². The standard InChI is InChI=1S/C14H23NO3/c1-4-18-13-7-5-12(6-8-13)11(2)15-9-14(3,17)10-16/h5-8,11,15-17H,4,9-10H2,1-3H3. The van der Waals surface area contributed by atoms with Gasteiger partial charge in [0.25, 0.3) is 0 Å². The Balaban J connectivity index is 2.53. The maximum absolute atomic E-state index is 9.70. The van der Waals surface area contributed by atoms with E-state index >= 15 is 0 Å². The summed E-state index contributed by atoms with van der Waals surface area (Å²) in [6.45, 7) is 6.32. The van der Waals surface area contributed by atoms with Crippen molar-refractivity contribution >= 4 is 0 Å². The average Bonchev–Trinajstić information content (AvgIpc) is 2.37. The zero-order chi connectivity index (χ0) is 13.6. The number of nitrogens with one attached hydrogen (secondary N) is 1. The summed E-state index contributed by atoms with van der Waals surface area (Å²) >= 11 is 0. The Morgan fingerprint density at radius 3 is 2.44 bits per heavy atom. The Kier molecular flexibility index (Phi) is 5.59. The van der Waals surface area contributed by atoms with Crippen molar-refractivity contribution in [2.45, 2.75) is 32.4 Å². The number of hydrogen-bond donors (Lipinski definition) is 3. The van der Waals surface area contributed by atoms with Crippen molar-refractivity contribution < 1.29 is 14.9 Å². The molecule has 1 aromatic carbocycles. The predicted octanol–water partition coefficient (Wildman–Crippen LogP) is 1.48. The Labute approximate surface area is 109 Å². The molecule has 2 atom stereocenters. The van der Waals surface area contributed by atoms with Crippen LogP contribution in [-0.4, -0.2) is 35.6 Å². The molecule has 0 amide bonds. The first-order valence-corrected chi connectivity index (χ1v) is 6.28. The third-order valence-electron chi connectivity index (χ3n) is 2.82. The van der Waals surface area contributed by atoms with Gasteiger partial charge in [-0.3, -0.25) is 0 Å².